The Morgan fingerprint density at radius 1 is 0.971 bits per heavy atom. The number of likely N-dealkylation sites (N-methyl/N-ethyl adjacent to an activating group) is 1. The number of carbonyl (C=O) groups is 2. The van der Waals surface area contributed by atoms with Gasteiger partial charge in [0.2, 0.25) is 5.91 Å². The molecule has 1 aromatic heterocycles. The molecule has 6 nitrogen and oxygen atoms in total. The molecule has 1 atom stereocenters. The number of rotatable bonds is 8. The van der Waals surface area contributed by atoms with Gasteiger partial charge in [-0.2, -0.15) is 5.10 Å². The van der Waals surface area contributed by atoms with Crippen molar-refractivity contribution < 1.29 is 14.0 Å². The van der Waals surface area contributed by atoms with E-state index in [1.807, 2.05) is 54.6 Å². The van der Waals surface area contributed by atoms with E-state index in [1.165, 1.54) is 17.8 Å². The first-order valence-corrected chi connectivity index (χ1v) is 11.9. The van der Waals surface area contributed by atoms with Crippen LogP contribution >= 0.6 is 15.9 Å². The number of hydrogen-bond donors (Lipinski definition) is 2. The highest BCUT2D eigenvalue weighted by atomic mass is 79.9. The first-order valence-electron chi connectivity index (χ1n) is 11.1. The first kappa shape index (κ1) is 24.3. The van der Waals surface area contributed by atoms with Crippen LogP contribution in [0, 0.1) is 5.82 Å². The van der Waals surface area contributed by atoms with Crippen molar-refractivity contribution >= 4 is 27.7 Å². The van der Waals surface area contributed by atoms with Gasteiger partial charge in [0.15, 0.2) is 0 Å². The molecular weight excluding hydrogens is 511 g/mol. The van der Waals surface area contributed by atoms with Crippen LogP contribution in [0.15, 0.2) is 89.4 Å². The van der Waals surface area contributed by atoms with Gasteiger partial charge >= 0.3 is 0 Å². The van der Waals surface area contributed by atoms with E-state index in [0.717, 1.165) is 15.6 Å². The molecule has 0 aliphatic carbocycles. The van der Waals surface area contributed by atoms with Crippen molar-refractivity contribution in [3.63, 3.8) is 0 Å². The largest absolute Gasteiger partial charge is 0.357 e. The highest BCUT2D eigenvalue weighted by Gasteiger charge is 2.24. The van der Waals surface area contributed by atoms with E-state index >= 15 is 0 Å². The van der Waals surface area contributed by atoms with Gasteiger partial charge in [0.25, 0.3) is 5.91 Å². The van der Waals surface area contributed by atoms with Crippen LogP contribution in [-0.2, 0) is 17.8 Å². The highest BCUT2D eigenvalue weighted by molar-refractivity contribution is 9.10. The molecule has 178 valence electrons. The molecule has 4 rings (SSSR count). The van der Waals surface area contributed by atoms with Crippen molar-refractivity contribution in [2.75, 3.05) is 7.05 Å². The zero-order valence-electron chi connectivity index (χ0n) is 19.0. The zero-order chi connectivity index (χ0) is 24.8. The van der Waals surface area contributed by atoms with Crippen LogP contribution in [0.2, 0.25) is 0 Å². The lowest BCUT2D eigenvalue weighted by Gasteiger charge is -2.18. The van der Waals surface area contributed by atoms with Crippen molar-refractivity contribution in [3.8, 4) is 11.3 Å². The third-order valence-electron chi connectivity index (χ3n) is 5.53. The topological polar surface area (TPSA) is 76.0 Å². The second kappa shape index (κ2) is 11.1. The van der Waals surface area contributed by atoms with Gasteiger partial charge in [-0.3, -0.25) is 14.3 Å². The van der Waals surface area contributed by atoms with Gasteiger partial charge in [-0.1, -0.05) is 70.5 Å². The van der Waals surface area contributed by atoms with Gasteiger partial charge in [0, 0.05) is 23.5 Å². The Morgan fingerprint density at radius 2 is 1.69 bits per heavy atom. The maximum atomic E-state index is 14.5. The SMILES string of the molecule is CNC(=O)[C@H](Cc1cccc(Br)c1)NC(=O)c1cc(-c2ccccc2F)nn1Cc1ccccc1. The Labute approximate surface area is 211 Å². The molecule has 0 spiro atoms. The number of hydrogen-bond acceptors (Lipinski definition) is 3. The van der Waals surface area contributed by atoms with Crippen molar-refractivity contribution in [1.82, 2.24) is 20.4 Å². The molecule has 2 N–H and O–H groups in total. The standard InChI is InChI=1S/C27H24BrFN4O2/c1-30-26(34)24(15-19-10-7-11-20(28)14-19)31-27(35)25-16-23(21-12-5-6-13-22(21)29)32-33(25)17-18-8-3-2-4-9-18/h2-14,16,24H,15,17H2,1H3,(H,30,34)(H,31,35)/t24-/m0/s1. The molecule has 0 fully saturated rings. The van der Waals surface area contributed by atoms with Crippen molar-refractivity contribution in [2.45, 2.75) is 19.0 Å². The summed E-state index contributed by atoms with van der Waals surface area (Å²) in [4.78, 5) is 26.0. The van der Waals surface area contributed by atoms with Crippen LogP contribution < -0.4 is 10.6 Å². The molecule has 2 amide bonds. The van der Waals surface area contributed by atoms with Crippen LogP contribution in [-0.4, -0.2) is 34.7 Å². The maximum absolute atomic E-state index is 14.5. The summed E-state index contributed by atoms with van der Waals surface area (Å²) in [5.74, 6) is -1.22. The van der Waals surface area contributed by atoms with E-state index in [2.05, 4.69) is 31.7 Å². The highest BCUT2D eigenvalue weighted by Crippen LogP contribution is 2.23. The predicted octanol–water partition coefficient (Wildman–Crippen LogP) is 4.59. The Balaban J connectivity index is 1.66. The fourth-order valence-corrected chi connectivity index (χ4v) is 4.24. The minimum atomic E-state index is -0.807. The Bertz CT molecular complexity index is 1340. The molecule has 8 heteroatoms. The van der Waals surface area contributed by atoms with E-state index in [9.17, 15) is 14.0 Å². The summed E-state index contributed by atoms with van der Waals surface area (Å²) in [7, 11) is 1.53. The van der Waals surface area contributed by atoms with Crippen LogP contribution in [0.5, 0.6) is 0 Å². The van der Waals surface area contributed by atoms with Crippen LogP contribution in [0.1, 0.15) is 21.6 Å². The van der Waals surface area contributed by atoms with E-state index in [4.69, 9.17) is 0 Å². The molecule has 35 heavy (non-hydrogen) atoms. The van der Waals surface area contributed by atoms with Gasteiger partial charge in [-0.25, -0.2) is 4.39 Å². The Morgan fingerprint density at radius 3 is 2.40 bits per heavy atom. The number of nitrogens with one attached hydrogen (secondary N) is 2. The average molecular weight is 535 g/mol. The molecule has 0 aliphatic heterocycles. The van der Waals surface area contributed by atoms with E-state index in [1.54, 1.807) is 24.3 Å². The summed E-state index contributed by atoms with van der Waals surface area (Å²) in [5.41, 5.74) is 2.69. The van der Waals surface area contributed by atoms with E-state index < -0.39 is 17.8 Å². The van der Waals surface area contributed by atoms with Gasteiger partial charge in [-0.15, -0.1) is 0 Å². The second-order valence-electron chi connectivity index (χ2n) is 8.01. The molecule has 0 unspecified atom stereocenters. The summed E-state index contributed by atoms with van der Waals surface area (Å²) in [5, 5.41) is 9.98. The lowest BCUT2D eigenvalue weighted by molar-refractivity contribution is -0.122. The summed E-state index contributed by atoms with van der Waals surface area (Å²) < 4.78 is 16.9. The number of aromatic nitrogens is 2. The normalized spacial score (nSPS) is 11.6. The van der Waals surface area contributed by atoms with Crippen molar-refractivity contribution in [3.05, 3.63) is 112 Å². The van der Waals surface area contributed by atoms with Gasteiger partial charge in [-0.05, 0) is 41.5 Å². The van der Waals surface area contributed by atoms with E-state index in [0.29, 0.717) is 24.2 Å². The van der Waals surface area contributed by atoms with Gasteiger partial charge < -0.3 is 10.6 Å². The molecular formula is C27H24BrFN4O2. The maximum Gasteiger partial charge on any atom is 0.270 e. The van der Waals surface area contributed by atoms with Gasteiger partial charge in [0.1, 0.15) is 17.6 Å². The lowest BCUT2D eigenvalue weighted by atomic mass is 10.0. The van der Waals surface area contributed by atoms with Crippen LogP contribution in [0.4, 0.5) is 4.39 Å². The third kappa shape index (κ3) is 6.02. The molecule has 3 aromatic carbocycles. The Hall–Kier alpha value is -3.78. The minimum Gasteiger partial charge on any atom is -0.357 e. The second-order valence-corrected chi connectivity index (χ2v) is 8.93. The summed E-state index contributed by atoms with van der Waals surface area (Å²) in [6.45, 7) is 0.314. The molecule has 0 radical (unpaired) electrons. The van der Waals surface area contributed by atoms with Crippen LogP contribution in [0.25, 0.3) is 11.3 Å². The van der Waals surface area contributed by atoms with Gasteiger partial charge in [0.05, 0.1) is 12.2 Å². The zero-order valence-corrected chi connectivity index (χ0v) is 20.6. The monoisotopic (exact) mass is 534 g/mol. The molecule has 0 bridgehead atoms. The number of benzene rings is 3. The first-order chi connectivity index (χ1) is 16.9. The lowest BCUT2D eigenvalue weighted by Crippen LogP contribution is -2.47. The van der Waals surface area contributed by atoms with Crippen molar-refractivity contribution in [1.29, 1.82) is 0 Å². The number of halogens is 2. The number of carbonyl (C=O) groups excluding carboxylic acids is 2. The number of amides is 2. The minimum absolute atomic E-state index is 0.232. The molecule has 0 saturated heterocycles. The smallest absolute Gasteiger partial charge is 0.270 e. The quantitative estimate of drug-likeness (QED) is 0.347. The molecule has 1 heterocycles. The molecule has 0 saturated carbocycles. The predicted molar refractivity (Wildman–Crippen MR) is 136 cm³/mol. The van der Waals surface area contributed by atoms with E-state index in [-0.39, 0.29) is 11.6 Å². The molecule has 0 aliphatic rings. The fraction of sp³-hybridized carbons (Fsp3) is 0.148. The fourth-order valence-electron chi connectivity index (χ4n) is 3.79. The summed E-state index contributed by atoms with van der Waals surface area (Å²) >= 11 is 3.44. The average Bonchev–Trinajstić information content (AvgIpc) is 3.27. The number of nitrogens with zero attached hydrogens (tertiary/aromatic N) is 2. The molecule has 4 aromatic rings. The van der Waals surface area contributed by atoms with Crippen molar-refractivity contribution in [2.24, 2.45) is 0 Å². The Kier molecular flexibility index (Phi) is 7.72. The summed E-state index contributed by atoms with van der Waals surface area (Å²) in [6, 6.07) is 24.1. The third-order valence-corrected chi connectivity index (χ3v) is 6.03. The van der Waals surface area contributed by atoms with Crippen LogP contribution in [0.3, 0.4) is 0 Å². The summed E-state index contributed by atoms with van der Waals surface area (Å²) in [6.07, 6.45) is 0.303.